The van der Waals surface area contributed by atoms with Crippen molar-refractivity contribution in [3.63, 3.8) is 0 Å². The first-order valence-electron chi connectivity index (χ1n) is 11.3. The summed E-state index contributed by atoms with van der Waals surface area (Å²) in [5, 5.41) is 0.893. The predicted molar refractivity (Wildman–Crippen MR) is 132 cm³/mol. The molecular weight excluding hydrogens is 410 g/mol. The molecule has 0 radical (unpaired) electrons. The summed E-state index contributed by atoms with van der Waals surface area (Å²) in [4.78, 5) is 22.6. The summed E-state index contributed by atoms with van der Waals surface area (Å²) in [7, 11) is 0. The summed E-state index contributed by atoms with van der Waals surface area (Å²) in [5.41, 5.74) is 11.7. The lowest BCUT2D eigenvalue weighted by atomic mass is 9.96. The van der Waals surface area contributed by atoms with Gasteiger partial charge in [-0.1, -0.05) is 61.2 Å². The number of anilines is 1. The van der Waals surface area contributed by atoms with Crippen LogP contribution in [0.4, 0.5) is 5.82 Å². The lowest BCUT2D eigenvalue weighted by molar-refractivity contribution is -0.127. The fraction of sp³-hybridized carbons (Fsp3) is 0.222. The molecule has 6 heteroatoms. The van der Waals surface area contributed by atoms with Gasteiger partial charge in [0, 0.05) is 31.4 Å². The Morgan fingerprint density at radius 1 is 1.00 bits per heavy atom. The van der Waals surface area contributed by atoms with E-state index >= 15 is 0 Å². The second-order valence-corrected chi connectivity index (χ2v) is 8.57. The van der Waals surface area contributed by atoms with Crippen LogP contribution in [0.1, 0.15) is 12.8 Å². The van der Waals surface area contributed by atoms with Gasteiger partial charge in [-0.05, 0) is 41.5 Å². The Morgan fingerprint density at radius 2 is 1.67 bits per heavy atom. The van der Waals surface area contributed by atoms with Crippen LogP contribution in [0.25, 0.3) is 33.3 Å². The summed E-state index contributed by atoms with van der Waals surface area (Å²) in [6.45, 7) is 5.96. The maximum absolute atomic E-state index is 11.9. The van der Waals surface area contributed by atoms with E-state index in [1.54, 1.807) is 0 Å². The fourth-order valence-electron chi connectivity index (χ4n) is 4.72. The molecule has 1 amide bonds. The maximum Gasteiger partial charge on any atom is 0.245 e. The van der Waals surface area contributed by atoms with E-state index in [1.165, 1.54) is 23.5 Å². The zero-order valence-corrected chi connectivity index (χ0v) is 18.5. The van der Waals surface area contributed by atoms with Gasteiger partial charge >= 0.3 is 0 Å². The average Bonchev–Trinajstić information content (AvgIpc) is 3.24. The van der Waals surface area contributed by atoms with Crippen LogP contribution in [0, 0.1) is 5.92 Å². The predicted octanol–water partition coefficient (Wildman–Crippen LogP) is 4.77. The molecule has 1 fully saturated rings. The van der Waals surface area contributed by atoms with Gasteiger partial charge in [-0.3, -0.25) is 4.79 Å². The zero-order valence-electron chi connectivity index (χ0n) is 18.5. The van der Waals surface area contributed by atoms with E-state index in [2.05, 4.69) is 63.7 Å². The quantitative estimate of drug-likeness (QED) is 0.456. The second kappa shape index (κ2) is 8.90. The second-order valence-electron chi connectivity index (χ2n) is 8.57. The van der Waals surface area contributed by atoms with E-state index in [0.717, 1.165) is 54.6 Å². The number of rotatable bonds is 5. The van der Waals surface area contributed by atoms with Crippen molar-refractivity contribution >= 4 is 22.8 Å². The molecule has 1 aliphatic rings. The molecule has 166 valence electrons. The number of nitrogen functional groups attached to an aromatic ring is 1. The van der Waals surface area contributed by atoms with Gasteiger partial charge in [0.1, 0.15) is 17.8 Å². The largest absolute Gasteiger partial charge is 0.383 e. The van der Waals surface area contributed by atoms with Gasteiger partial charge in [-0.15, -0.1) is 0 Å². The first-order chi connectivity index (χ1) is 16.1. The van der Waals surface area contributed by atoms with Crippen molar-refractivity contribution in [1.29, 1.82) is 0 Å². The number of hydrogen-bond donors (Lipinski definition) is 1. The van der Waals surface area contributed by atoms with Crippen molar-refractivity contribution in [1.82, 2.24) is 19.4 Å². The zero-order chi connectivity index (χ0) is 22.8. The number of hydrogen-bond acceptors (Lipinski definition) is 4. The van der Waals surface area contributed by atoms with Crippen LogP contribution in [-0.4, -0.2) is 38.4 Å². The van der Waals surface area contributed by atoms with Gasteiger partial charge in [-0.25, -0.2) is 9.97 Å². The smallest absolute Gasteiger partial charge is 0.245 e. The number of carbonyl (C=O) groups is 1. The number of aromatic nitrogens is 3. The van der Waals surface area contributed by atoms with Crippen LogP contribution in [0.3, 0.4) is 0 Å². The molecule has 1 aliphatic heterocycles. The monoisotopic (exact) mass is 437 g/mol. The van der Waals surface area contributed by atoms with Crippen LogP contribution >= 0.6 is 0 Å². The Labute approximate surface area is 193 Å². The molecule has 33 heavy (non-hydrogen) atoms. The molecule has 4 aromatic rings. The minimum Gasteiger partial charge on any atom is -0.383 e. The average molecular weight is 438 g/mol. The highest BCUT2D eigenvalue weighted by atomic mass is 16.2. The summed E-state index contributed by atoms with van der Waals surface area (Å²) in [6, 6.07) is 18.9. The van der Waals surface area contributed by atoms with Crippen molar-refractivity contribution in [3.05, 3.63) is 79.8 Å². The fourth-order valence-corrected chi connectivity index (χ4v) is 4.72. The molecule has 0 atom stereocenters. The van der Waals surface area contributed by atoms with Crippen molar-refractivity contribution in [2.24, 2.45) is 5.92 Å². The van der Waals surface area contributed by atoms with Gasteiger partial charge < -0.3 is 15.2 Å². The standard InChI is InChI=1S/C27H27N5O/c1-2-24(33)31-14-12-19(13-15-31)16-32-17-23(25-26(28)29-18-30-27(25)32)22-10-8-21(9-11-22)20-6-4-3-5-7-20/h2-11,17-19H,1,12-16H2,(H2,28,29,30). The molecule has 6 nitrogen and oxygen atoms in total. The first kappa shape index (κ1) is 20.9. The molecule has 2 N–H and O–H groups in total. The lowest BCUT2D eigenvalue weighted by Crippen LogP contribution is -2.38. The number of piperidine rings is 1. The van der Waals surface area contributed by atoms with E-state index in [1.807, 2.05) is 23.1 Å². The van der Waals surface area contributed by atoms with Crippen LogP contribution < -0.4 is 5.73 Å². The molecule has 0 spiro atoms. The summed E-state index contributed by atoms with van der Waals surface area (Å²) in [5.74, 6) is 0.980. The summed E-state index contributed by atoms with van der Waals surface area (Å²) >= 11 is 0. The number of benzene rings is 2. The van der Waals surface area contributed by atoms with Gasteiger partial charge in [0.2, 0.25) is 5.91 Å². The third kappa shape index (κ3) is 4.12. The molecule has 0 saturated carbocycles. The Bertz CT molecular complexity index is 1290. The maximum atomic E-state index is 11.9. The molecule has 0 unspecified atom stereocenters. The molecule has 5 rings (SSSR count). The number of carbonyl (C=O) groups excluding carboxylic acids is 1. The molecule has 2 aromatic heterocycles. The van der Waals surface area contributed by atoms with Crippen molar-refractivity contribution < 1.29 is 4.79 Å². The third-order valence-electron chi connectivity index (χ3n) is 6.54. The number of fused-ring (bicyclic) bond motifs is 1. The normalized spacial score (nSPS) is 14.5. The molecule has 0 bridgehead atoms. The van der Waals surface area contributed by atoms with Crippen molar-refractivity contribution in [2.45, 2.75) is 19.4 Å². The van der Waals surface area contributed by atoms with Crippen molar-refractivity contribution in [3.8, 4) is 22.3 Å². The number of likely N-dealkylation sites (tertiary alicyclic amines) is 1. The van der Waals surface area contributed by atoms with E-state index in [0.29, 0.717) is 11.7 Å². The number of nitrogens with two attached hydrogens (primary N) is 1. The van der Waals surface area contributed by atoms with Crippen LogP contribution in [0.2, 0.25) is 0 Å². The Hall–Kier alpha value is -3.93. The van der Waals surface area contributed by atoms with Crippen LogP contribution in [-0.2, 0) is 11.3 Å². The summed E-state index contributed by atoms with van der Waals surface area (Å²) in [6.07, 6.45) is 6.99. The minimum atomic E-state index is 0.0154. The molecule has 0 aliphatic carbocycles. The topological polar surface area (TPSA) is 77.0 Å². The van der Waals surface area contributed by atoms with Gasteiger partial charge in [0.05, 0.1) is 5.39 Å². The molecular formula is C27H27N5O. The Balaban J connectivity index is 1.44. The highest BCUT2D eigenvalue weighted by Gasteiger charge is 2.23. The van der Waals surface area contributed by atoms with E-state index < -0.39 is 0 Å². The lowest BCUT2D eigenvalue weighted by Gasteiger charge is -2.31. The van der Waals surface area contributed by atoms with Gasteiger partial charge in [-0.2, -0.15) is 0 Å². The molecule has 3 heterocycles. The highest BCUT2D eigenvalue weighted by molar-refractivity contribution is 6.00. The Kier molecular flexibility index (Phi) is 5.65. The van der Waals surface area contributed by atoms with E-state index in [4.69, 9.17) is 5.73 Å². The number of amides is 1. The van der Waals surface area contributed by atoms with Crippen LogP contribution in [0.15, 0.2) is 79.8 Å². The van der Waals surface area contributed by atoms with Crippen molar-refractivity contribution in [2.75, 3.05) is 18.8 Å². The van der Waals surface area contributed by atoms with Gasteiger partial charge in [0.15, 0.2) is 0 Å². The minimum absolute atomic E-state index is 0.0154. The SMILES string of the molecule is C=CC(=O)N1CCC(Cn2cc(-c3ccc(-c4ccccc4)cc3)c3c(N)ncnc32)CC1. The highest BCUT2D eigenvalue weighted by Crippen LogP contribution is 2.34. The first-order valence-corrected chi connectivity index (χ1v) is 11.3. The summed E-state index contributed by atoms with van der Waals surface area (Å²) < 4.78 is 2.20. The molecule has 2 aromatic carbocycles. The third-order valence-corrected chi connectivity index (χ3v) is 6.54. The van der Waals surface area contributed by atoms with E-state index in [-0.39, 0.29) is 5.91 Å². The van der Waals surface area contributed by atoms with Gasteiger partial charge in [0.25, 0.3) is 0 Å². The van der Waals surface area contributed by atoms with E-state index in [9.17, 15) is 4.79 Å². The molecule has 1 saturated heterocycles. The number of nitrogens with zero attached hydrogens (tertiary/aromatic N) is 4. The Morgan fingerprint density at radius 3 is 2.36 bits per heavy atom. The van der Waals surface area contributed by atoms with Crippen LogP contribution in [0.5, 0.6) is 0 Å².